The highest BCUT2D eigenvalue weighted by atomic mass is 16.5. The van der Waals surface area contributed by atoms with Gasteiger partial charge in [-0.2, -0.15) is 0 Å². The summed E-state index contributed by atoms with van der Waals surface area (Å²) in [6, 6.07) is 4.29. The summed E-state index contributed by atoms with van der Waals surface area (Å²) < 4.78 is 5.31. The monoisotopic (exact) mass is 221 g/mol. The van der Waals surface area contributed by atoms with Crippen molar-refractivity contribution in [3.8, 4) is 5.75 Å². The van der Waals surface area contributed by atoms with Gasteiger partial charge in [0.1, 0.15) is 5.75 Å². The van der Waals surface area contributed by atoms with Crippen molar-refractivity contribution in [2.75, 3.05) is 6.61 Å². The zero-order chi connectivity index (χ0) is 11.5. The number of fused-ring (bicyclic) bond motifs is 1. The van der Waals surface area contributed by atoms with Crippen LogP contribution in [0.4, 0.5) is 4.79 Å². The van der Waals surface area contributed by atoms with Crippen LogP contribution >= 0.6 is 0 Å². The second kappa shape index (κ2) is 4.09. The molecule has 0 atom stereocenters. The van der Waals surface area contributed by atoms with Crippen LogP contribution in [-0.4, -0.2) is 18.5 Å². The molecule has 16 heavy (non-hydrogen) atoms. The summed E-state index contributed by atoms with van der Waals surface area (Å²) in [7, 11) is 0. The van der Waals surface area contributed by atoms with E-state index >= 15 is 0 Å². The van der Waals surface area contributed by atoms with E-state index in [1.807, 2.05) is 5.43 Å². The zero-order valence-corrected chi connectivity index (χ0v) is 8.45. The SMILES string of the molecule is NC(=O)NNC(=O)c1ccc2c(c1)CCO2. The number of hydrazine groups is 1. The molecule has 1 aliphatic rings. The first-order valence-corrected chi connectivity index (χ1v) is 4.78. The average molecular weight is 221 g/mol. The van der Waals surface area contributed by atoms with E-state index in [0.29, 0.717) is 12.2 Å². The molecule has 0 aromatic heterocycles. The molecule has 6 nitrogen and oxygen atoms in total. The summed E-state index contributed by atoms with van der Waals surface area (Å²) in [6.07, 6.45) is 0.791. The van der Waals surface area contributed by atoms with E-state index < -0.39 is 11.9 Å². The molecular weight excluding hydrogens is 210 g/mol. The molecule has 0 unspecified atom stereocenters. The zero-order valence-electron chi connectivity index (χ0n) is 8.45. The van der Waals surface area contributed by atoms with Gasteiger partial charge < -0.3 is 10.5 Å². The number of ether oxygens (including phenoxy) is 1. The van der Waals surface area contributed by atoms with Gasteiger partial charge in [0.25, 0.3) is 5.91 Å². The van der Waals surface area contributed by atoms with Crippen molar-refractivity contribution in [1.29, 1.82) is 0 Å². The van der Waals surface area contributed by atoms with Crippen LogP contribution in [0.25, 0.3) is 0 Å². The third kappa shape index (κ3) is 2.05. The quantitative estimate of drug-likeness (QED) is 0.580. The van der Waals surface area contributed by atoms with Crippen LogP contribution in [0.2, 0.25) is 0 Å². The van der Waals surface area contributed by atoms with E-state index in [1.165, 1.54) is 0 Å². The van der Waals surface area contributed by atoms with E-state index in [-0.39, 0.29) is 0 Å². The molecule has 0 bridgehead atoms. The Kier molecular flexibility index (Phi) is 2.63. The molecule has 0 fully saturated rings. The molecule has 1 aromatic carbocycles. The van der Waals surface area contributed by atoms with Gasteiger partial charge in [-0.1, -0.05) is 0 Å². The van der Waals surface area contributed by atoms with Gasteiger partial charge in [-0.3, -0.25) is 10.2 Å². The lowest BCUT2D eigenvalue weighted by atomic mass is 10.1. The number of nitrogens with two attached hydrogens (primary N) is 1. The van der Waals surface area contributed by atoms with E-state index in [1.54, 1.807) is 18.2 Å². The van der Waals surface area contributed by atoms with Gasteiger partial charge in [0.15, 0.2) is 0 Å². The molecule has 1 heterocycles. The second-order valence-electron chi connectivity index (χ2n) is 3.36. The Hall–Kier alpha value is -2.24. The topological polar surface area (TPSA) is 93.5 Å². The van der Waals surface area contributed by atoms with Gasteiger partial charge in [-0.25, -0.2) is 10.2 Å². The van der Waals surface area contributed by atoms with Crippen LogP contribution in [0.5, 0.6) is 5.75 Å². The third-order valence-corrected chi connectivity index (χ3v) is 2.25. The number of primary amides is 1. The van der Waals surface area contributed by atoms with Crippen molar-refractivity contribution in [2.24, 2.45) is 5.73 Å². The average Bonchev–Trinajstić information content (AvgIpc) is 2.72. The Bertz CT molecular complexity index is 445. The van der Waals surface area contributed by atoms with Crippen LogP contribution in [-0.2, 0) is 6.42 Å². The molecule has 1 aliphatic heterocycles. The number of nitrogens with one attached hydrogen (secondary N) is 2. The lowest BCUT2D eigenvalue weighted by Gasteiger charge is -2.05. The summed E-state index contributed by atoms with van der Waals surface area (Å²) in [5, 5.41) is 0. The highest BCUT2D eigenvalue weighted by Gasteiger charge is 2.14. The number of urea groups is 1. The van der Waals surface area contributed by atoms with Crippen LogP contribution in [0, 0.1) is 0 Å². The molecule has 0 spiro atoms. The molecule has 6 heteroatoms. The van der Waals surface area contributed by atoms with Crippen molar-refractivity contribution in [1.82, 2.24) is 10.9 Å². The maximum Gasteiger partial charge on any atom is 0.330 e. The molecule has 0 saturated heterocycles. The van der Waals surface area contributed by atoms with E-state index in [9.17, 15) is 9.59 Å². The highest BCUT2D eigenvalue weighted by molar-refractivity contribution is 5.95. The minimum Gasteiger partial charge on any atom is -0.493 e. The van der Waals surface area contributed by atoms with Crippen LogP contribution < -0.4 is 21.3 Å². The standard InChI is InChI=1S/C10H11N3O3/c11-10(15)13-12-9(14)7-1-2-8-6(5-7)3-4-16-8/h1-2,5H,3-4H2,(H,12,14)(H3,11,13,15). The van der Waals surface area contributed by atoms with E-state index in [0.717, 1.165) is 17.7 Å². The van der Waals surface area contributed by atoms with Crippen LogP contribution in [0.3, 0.4) is 0 Å². The van der Waals surface area contributed by atoms with Gasteiger partial charge in [0, 0.05) is 12.0 Å². The first kappa shape index (κ1) is 10.3. The van der Waals surface area contributed by atoms with Crippen molar-refractivity contribution >= 4 is 11.9 Å². The molecule has 2 rings (SSSR count). The summed E-state index contributed by atoms with van der Waals surface area (Å²) >= 11 is 0. The molecule has 84 valence electrons. The number of hydrogen-bond donors (Lipinski definition) is 3. The highest BCUT2D eigenvalue weighted by Crippen LogP contribution is 2.25. The predicted molar refractivity (Wildman–Crippen MR) is 55.8 cm³/mol. The molecule has 0 saturated carbocycles. The largest absolute Gasteiger partial charge is 0.493 e. The Morgan fingerprint density at radius 1 is 1.31 bits per heavy atom. The van der Waals surface area contributed by atoms with E-state index in [2.05, 4.69) is 5.43 Å². The van der Waals surface area contributed by atoms with Crippen molar-refractivity contribution in [3.05, 3.63) is 29.3 Å². The number of rotatable bonds is 1. The molecular formula is C10H11N3O3. The van der Waals surface area contributed by atoms with Gasteiger partial charge in [-0.05, 0) is 23.8 Å². The fourth-order valence-corrected chi connectivity index (χ4v) is 1.52. The van der Waals surface area contributed by atoms with Crippen molar-refractivity contribution in [3.63, 3.8) is 0 Å². The maximum atomic E-state index is 11.5. The lowest BCUT2D eigenvalue weighted by molar-refractivity contribution is 0.0937. The summed E-state index contributed by atoms with van der Waals surface area (Å²) in [6.45, 7) is 0.639. The van der Waals surface area contributed by atoms with Gasteiger partial charge in [0.2, 0.25) is 0 Å². The molecule has 3 amide bonds. The van der Waals surface area contributed by atoms with Gasteiger partial charge in [-0.15, -0.1) is 0 Å². The molecule has 1 aromatic rings. The summed E-state index contributed by atoms with van der Waals surface area (Å²) in [5.41, 5.74) is 10.5. The second-order valence-corrected chi connectivity index (χ2v) is 3.36. The Morgan fingerprint density at radius 3 is 2.88 bits per heavy atom. The minimum absolute atomic E-state index is 0.409. The smallest absolute Gasteiger partial charge is 0.330 e. The van der Waals surface area contributed by atoms with Crippen LogP contribution in [0.1, 0.15) is 15.9 Å². The third-order valence-electron chi connectivity index (χ3n) is 2.25. The lowest BCUT2D eigenvalue weighted by Crippen LogP contribution is -2.44. The Labute approximate surface area is 91.7 Å². The Morgan fingerprint density at radius 2 is 2.12 bits per heavy atom. The fraction of sp³-hybridized carbons (Fsp3) is 0.200. The summed E-state index contributed by atoms with van der Waals surface area (Å²) in [4.78, 5) is 21.9. The first-order chi connectivity index (χ1) is 7.66. The number of carbonyl (C=O) groups excluding carboxylic acids is 2. The van der Waals surface area contributed by atoms with Crippen molar-refractivity contribution < 1.29 is 14.3 Å². The molecule has 4 N–H and O–H groups in total. The molecule has 0 radical (unpaired) electrons. The van der Waals surface area contributed by atoms with Gasteiger partial charge >= 0.3 is 6.03 Å². The van der Waals surface area contributed by atoms with E-state index in [4.69, 9.17) is 10.5 Å². The normalized spacial score (nSPS) is 12.5. The van der Waals surface area contributed by atoms with Crippen molar-refractivity contribution in [2.45, 2.75) is 6.42 Å². The molecule has 0 aliphatic carbocycles. The van der Waals surface area contributed by atoms with Crippen LogP contribution in [0.15, 0.2) is 18.2 Å². The Balaban J connectivity index is 2.09. The predicted octanol–water partition coefficient (Wildman–Crippen LogP) is -0.0654. The minimum atomic E-state index is -0.808. The number of benzene rings is 1. The number of carbonyl (C=O) groups is 2. The fourth-order valence-electron chi connectivity index (χ4n) is 1.52. The summed E-state index contributed by atoms with van der Waals surface area (Å²) in [5.74, 6) is 0.396. The number of amides is 3. The van der Waals surface area contributed by atoms with Gasteiger partial charge in [0.05, 0.1) is 6.61 Å². The number of hydrogen-bond acceptors (Lipinski definition) is 3. The first-order valence-electron chi connectivity index (χ1n) is 4.78. The maximum absolute atomic E-state index is 11.5.